The van der Waals surface area contributed by atoms with Crippen molar-refractivity contribution >= 4 is 29.1 Å². The molecular formula is C12H13ClN2O3. The van der Waals surface area contributed by atoms with E-state index in [1.54, 1.807) is 18.2 Å². The highest BCUT2D eigenvalue weighted by Crippen LogP contribution is 2.36. The average molecular weight is 269 g/mol. The Morgan fingerprint density at radius 3 is 2.83 bits per heavy atom. The molecule has 18 heavy (non-hydrogen) atoms. The van der Waals surface area contributed by atoms with E-state index >= 15 is 0 Å². The molecule has 6 heteroatoms. The third-order valence-corrected chi connectivity index (χ3v) is 3.36. The number of primary amides is 1. The smallest absolute Gasteiger partial charge is 0.227 e. The zero-order chi connectivity index (χ0) is 13.3. The lowest BCUT2D eigenvalue weighted by Crippen LogP contribution is -2.28. The fourth-order valence-corrected chi connectivity index (χ4v) is 2.30. The third-order valence-electron chi connectivity index (χ3n) is 2.98. The number of halogens is 1. The summed E-state index contributed by atoms with van der Waals surface area (Å²) in [4.78, 5) is 24.5. The lowest BCUT2D eigenvalue weighted by atomic mass is 10.1. The van der Waals surface area contributed by atoms with E-state index in [2.05, 4.69) is 0 Å². The van der Waals surface area contributed by atoms with Crippen LogP contribution >= 0.6 is 11.6 Å². The van der Waals surface area contributed by atoms with Crippen LogP contribution in [0.25, 0.3) is 0 Å². The molecule has 1 aliphatic heterocycles. The Bertz CT molecular complexity index is 504. The Kier molecular flexibility index (Phi) is 3.43. The summed E-state index contributed by atoms with van der Waals surface area (Å²) in [5.41, 5.74) is 5.76. The van der Waals surface area contributed by atoms with Crippen LogP contribution in [0.5, 0.6) is 5.75 Å². The number of ether oxygens (including phenoxy) is 1. The van der Waals surface area contributed by atoms with E-state index in [1.807, 2.05) is 0 Å². The van der Waals surface area contributed by atoms with Crippen LogP contribution in [0.4, 0.5) is 5.69 Å². The monoisotopic (exact) mass is 268 g/mol. The largest absolute Gasteiger partial charge is 0.495 e. The molecule has 5 nitrogen and oxygen atoms in total. The van der Waals surface area contributed by atoms with Crippen molar-refractivity contribution in [1.29, 1.82) is 0 Å². The summed E-state index contributed by atoms with van der Waals surface area (Å²) in [5.74, 6) is -0.594. The molecule has 2 amide bonds. The number of hydrogen-bond acceptors (Lipinski definition) is 3. The fourth-order valence-electron chi connectivity index (χ4n) is 2.00. The van der Waals surface area contributed by atoms with E-state index in [1.165, 1.54) is 12.0 Å². The number of nitrogens with zero attached hydrogens (tertiary/aromatic N) is 1. The summed E-state index contributed by atoms with van der Waals surface area (Å²) in [6.45, 7) is 0.265. The molecule has 1 unspecified atom stereocenters. The van der Waals surface area contributed by atoms with Crippen molar-refractivity contribution in [2.75, 3.05) is 18.6 Å². The molecule has 1 fully saturated rings. The Hall–Kier alpha value is -1.75. The number of amides is 2. The molecule has 0 saturated carbocycles. The number of anilines is 1. The Morgan fingerprint density at radius 1 is 1.56 bits per heavy atom. The van der Waals surface area contributed by atoms with Crippen LogP contribution < -0.4 is 15.4 Å². The van der Waals surface area contributed by atoms with Crippen LogP contribution in [0.2, 0.25) is 5.02 Å². The number of carbonyl (C=O) groups excluding carboxylic acids is 2. The van der Waals surface area contributed by atoms with Crippen molar-refractivity contribution in [3.8, 4) is 5.75 Å². The first-order valence-electron chi connectivity index (χ1n) is 5.46. The fraction of sp³-hybridized carbons (Fsp3) is 0.333. The number of nitrogens with two attached hydrogens (primary N) is 1. The summed E-state index contributed by atoms with van der Waals surface area (Å²) in [6.07, 6.45) is 0.128. The van der Waals surface area contributed by atoms with Crippen LogP contribution in [0.3, 0.4) is 0 Å². The number of carbonyl (C=O) groups is 2. The maximum atomic E-state index is 11.9. The van der Waals surface area contributed by atoms with E-state index in [9.17, 15) is 9.59 Å². The van der Waals surface area contributed by atoms with Gasteiger partial charge in [0.1, 0.15) is 10.8 Å². The molecule has 0 bridgehead atoms. The van der Waals surface area contributed by atoms with Crippen molar-refractivity contribution in [2.24, 2.45) is 11.7 Å². The summed E-state index contributed by atoms with van der Waals surface area (Å²) in [7, 11) is 1.50. The molecule has 2 rings (SSSR count). The van der Waals surface area contributed by atoms with Gasteiger partial charge in [0.2, 0.25) is 11.8 Å². The molecule has 0 spiro atoms. The lowest BCUT2D eigenvalue weighted by Gasteiger charge is -2.18. The van der Waals surface area contributed by atoms with E-state index in [-0.39, 0.29) is 18.9 Å². The Balaban J connectivity index is 2.33. The van der Waals surface area contributed by atoms with E-state index in [4.69, 9.17) is 22.1 Å². The highest BCUT2D eigenvalue weighted by Gasteiger charge is 2.35. The molecule has 96 valence electrons. The minimum atomic E-state index is -0.468. The van der Waals surface area contributed by atoms with Gasteiger partial charge in [-0.15, -0.1) is 0 Å². The minimum absolute atomic E-state index is 0.128. The van der Waals surface area contributed by atoms with Crippen molar-refractivity contribution < 1.29 is 14.3 Å². The first-order chi connectivity index (χ1) is 8.54. The topological polar surface area (TPSA) is 72.6 Å². The number of rotatable bonds is 3. The van der Waals surface area contributed by atoms with Gasteiger partial charge < -0.3 is 15.4 Å². The molecule has 1 aromatic carbocycles. The quantitative estimate of drug-likeness (QED) is 0.895. The van der Waals surface area contributed by atoms with Crippen LogP contribution in [0.1, 0.15) is 6.42 Å². The average Bonchev–Trinajstić information content (AvgIpc) is 2.72. The first-order valence-corrected chi connectivity index (χ1v) is 5.84. The second-order valence-corrected chi connectivity index (χ2v) is 4.48. The van der Waals surface area contributed by atoms with Gasteiger partial charge in [-0.1, -0.05) is 17.7 Å². The van der Waals surface area contributed by atoms with Gasteiger partial charge in [0.15, 0.2) is 0 Å². The second kappa shape index (κ2) is 4.86. The molecule has 1 aliphatic rings. The van der Waals surface area contributed by atoms with Gasteiger partial charge in [-0.3, -0.25) is 9.59 Å². The summed E-state index contributed by atoms with van der Waals surface area (Å²) >= 11 is 6.15. The molecule has 0 radical (unpaired) electrons. The minimum Gasteiger partial charge on any atom is -0.495 e. The predicted octanol–water partition coefficient (Wildman–Crippen LogP) is 1.19. The van der Waals surface area contributed by atoms with Crippen molar-refractivity contribution in [1.82, 2.24) is 0 Å². The Labute approximate surface area is 109 Å². The molecule has 1 saturated heterocycles. The standard InChI is InChI=1S/C12H13ClN2O3/c1-18-9-4-2-3-8(11(9)13)15-6-7(12(14)17)5-10(15)16/h2-4,7H,5-6H2,1H3,(H2,14,17). The zero-order valence-corrected chi connectivity index (χ0v) is 10.6. The van der Waals surface area contributed by atoms with Gasteiger partial charge in [-0.2, -0.15) is 0 Å². The normalized spacial score (nSPS) is 19.1. The second-order valence-electron chi connectivity index (χ2n) is 4.10. The van der Waals surface area contributed by atoms with E-state index in [0.717, 1.165) is 0 Å². The molecule has 1 heterocycles. The van der Waals surface area contributed by atoms with Crippen LogP contribution in [-0.4, -0.2) is 25.5 Å². The number of benzene rings is 1. The molecular weight excluding hydrogens is 256 g/mol. The van der Waals surface area contributed by atoms with Gasteiger partial charge in [0.25, 0.3) is 0 Å². The summed E-state index contributed by atoms with van der Waals surface area (Å²) in [6, 6.07) is 5.16. The van der Waals surface area contributed by atoms with Crippen LogP contribution in [0.15, 0.2) is 18.2 Å². The van der Waals surface area contributed by atoms with E-state index in [0.29, 0.717) is 16.5 Å². The van der Waals surface area contributed by atoms with E-state index < -0.39 is 11.8 Å². The SMILES string of the molecule is COc1cccc(N2CC(C(N)=O)CC2=O)c1Cl. The molecule has 0 aromatic heterocycles. The summed E-state index contributed by atoms with van der Waals surface area (Å²) in [5, 5.41) is 0.360. The highest BCUT2D eigenvalue weighted by atomic mass is 35.5. The van der Waals surface area contributed by atoms with Crippen molar-refractivity contribution in [2.45, 2.75) is 6.42 Å². The number of methoxy groups -OCH3 is 1. The molecule has 1 aromatic rings. The maximum absolute atomic E-state index is 11.9. The summed E-state index contributed by atoms with van der Waals surface area (Å²) < 4.78 is 5.09. The van der Waals surface area contributed by atoms with Gasteiger partial charge in [0, 0.05) is 13.0 Å². The molecule has 2 N–H and O–H groups in total. The third kappa shape index (κ3) is 2.13. The van der Waals surface area contributed by atoms with Gasteiger partial charge in [-0.05, 0) is 12.1 Å². The van der Waals surface area contributed by atoms with Gasteiger partial charge in [-0.25, -0.2) is 0 Å². The van der Waals surface area contributed by atoms with Crippen LogP contribution in [-0.2, 0) is 9.59 Å². The first kappa shape index (κ1) is 12.7. The van der Waals surface area contributed by atoms with Gasteiger partial charge >= 0.3 is 0 Å². The maximum Gasteiger partial charge on any atom is 0.227 e. The van der Waals surface area contributed by atoms with Crippen molar-refractivity contribution in [3.63, 3.8) is 0 Å². The zero-order valence-electron chi connectivity index (χ0n) is 9.85. The predicted molar refractivity (Wildman–Crippen MR) is 67.7 cm³/mol. The molecule has 1 atom stereocenters. The van der Waals surface area contributed by atoms with Crippen LogP contribution in [0, 0.1) is 5.92 Å². The molecule has 0 aliphatic carbocycles. The number of hydrogen-bond donors (Lipinski definition) is 1. The highest BCUT2D eigenvalue weighted by molar-refractivity contribution is 6.35. The lowest BCUT2D eigenvalue weighted by molar-refractivity contribution is -0.123. The van der Waals surface area contributed by atoms with Gasteiger partial charge in [0.05, 0.1) is 18.7 Å². The van der Waals surface area contributed by atoms with Crippen molar-refractivity contribution in [3.05, 3.63) is 23.2 Å². The Morgan fingerprint density at radius 2 is 2.28 bits per heavy atom.